The fourth-order valence-corrected chi connectivity index (χ4v) is 5.19. The highest BCUT2D eigenvalue weighted by Crippen LogP contribution is 2.29. The summed E-state index contributed by atoms with van der Waals surface area (Å²) < 4.78 is 0. The topological polar surface area (TPSA) is 52.0 Å². The van der Waals surface area contributed by atoms with Gasteiger partial charge in [0.1, 0.15) is 0 Å². The summed E-state index contributed by atoms with van der Waals surface area (Å²) in [6.07, 6.45) is 5.75. The normalized spacial score (nSPS) is 11.7. The Kier molecular flexibility index (Phi) is 8.63. The molecule has 0 atom stereocenters. The third kappa shape index (κ3) is 6.14. The monoisotopic (exact) mass is 458 g/mol. The van der Waals surface area contributed by atoms with Crippen LogP contribution in [0.2, 0.25) is 12.6 Å². The van der Waals surface area contributed by atoms with Gasteiger partial charge >= 0.3 is 0 Å². The molecule has 4 aromatic rings. The zero-order chi connectivity index (χ0) is 24.4. The average molecular weight is 458 g/mol. The van der Waals surface area contributed by atoms with Crippen molar-refractivity contribution in [2.75, 3.05) is 0 Å². The van der Waals surface area contributed by atoms with E-state index in [0.29, 0.717) is 0 Å². The predicted octanol–water partition coefficient (Wildman–Crippen LogP) is 5.59. The van der Waals surface area contributed by atoms with Crippen LogP contribution in [0.1, 0.15) is 41.5 Å². The lowest BCUT2D eigenvalue weighted by molar-refractivity contribution is 0.710. The van der Waals surface area contributed by atoms with Crippen molar-refractivity contribution < 1.29 is 0 Å². The molecule has 0 fully saturated rings. The van der Waals surface area contributed by atoms with Gasteiger partial charge in [0.15, 0.2) is 14.6 Å². The first kappa shape index (κ1) is 25.0. The Morgan fingerprint density at radius 1 is 0.400 bits per heavy atom. The van der Waals surface area contributed by atoms with E-state index >= 15 is 0 Å². The van der Waals surface area contributed by atoms with E-state index in [1.165, 1.54) is 41.5 Å². The molecule has 0 spiro atoms. The number of rotatable bonds is 12. The maximum Gasteiger partial charge on any atom is 0.157 e. The van der Waals surface area contributed by atoms with E-state index in [2.05, 4.69) is 121 Å². The predicted molar refractivity (Wildman–Crippen MR) is 153 cm³/mol. The molecule has 0 aromatic heterocycles. The molecular formula is C31H36B2N2. The van der Waals surface area contributed by atoms with E-state index < -0.39 is 10.9 Å². The lowest BCUT2D eigenvalue weighted by Gasteiger charge is -2.31. The van der Waals surface area contributed by atoms with Crippen LogP contribution in [0.15, 0.2) is 121 Å². The van der Waals surface area contributed by atoms with Crippen LogP contribution >= 0.6 is 0 Å². The van der Waals surface area contributed by atoms with Crippen LogP contribution in [0.4, 0.5) is 0 Å². The highest BCUT2D eigenvalue weighted by Gasteiger charge is 2.31. The Bertz CT molecular complexity index is 964. The molecule has 176 valence electrons. The molecule has 0 saturated heterocycles. The Morgan fingerprint density at radius 3 is 0.914 bits per heavy atom. The lowest BCUT2D eigenvalue weighted by atomic mass is 9.49. The van der Waals surface area contributed by atoms with Gasteiger partial charge in [0.25, 0.3) is 0 Å². The maximum atomic E-state index is 7.05. The third-order valence-electron chi connectivity index (χ3n) is 7.30. The van der Waals surface area contributed by atoms with Crippen LogP contribution < -0.4 is 11.5 Å². The molecule has 4 aromatic carbocycles. The van der Waals surface area contributed by atoms with Crippen LogP contribution in [0.5, 0.6) is 0 Å². The minimum atomic E-state index is -0.449. The molecule has 4 rings (SSSR count). The molecule has 0 amide bonds. The van der Waals surface area contributed by atoms with Gasteiger partial charge in [-0.15, -0.1) is 0 Å². The zero-order valence-electron chi connectivity index (χ0n) is 20.7. The van der Waals surface area contributed by atoms with Crippen molar-refractivity contribution in [3.05, 3.63) is 144 Å². The first-order valence-electron chi connectivity index (χ1n) is 12.9. The summed E-state index contributed by atoms with van der Waals surface area (Å²) in [5.41, 5.74) is 17.9. The van der Waals surface area contributed by atoms with Gasteiger partial charge in [-0.25, -0.2) is 0 Å². The fraction of sp³-hybridized carbons (Fsp3) is 0.226. The highest BCUT2D eigenvalue weighted by atomic mass is 14.7. The molecule has 0 unspecified atom stereocenters. The first-order valence-corrected chi connectivity index (χ1v) is 12.9. The Labute approximate surface area is 212 Å². The van der Waals surface area contributed by atoms with Crippen molar-refractivity contribution in [3.8, 4) is 0 Å². The second kappa shape index (κ2) is 12.1. The van der Waals surface area contributed by atoms with Crippen LogP contribution in [-0.2, 0) is 10.9 Å². The van der Waals surface area contributed by atoms with Gasteiger partial charge in [0.05, 0.1) is 0 Å². The standard InChI is InChI=1S/C31H36B2N2/c34-30(26-16-6-1-7-17-26,27-18-8-2-9-19-27)32-24-14-5-15-25-33-31(35,28-20-10-3-11-21-28)29-22-12-4-13-23-29/h1-4,6-13,16-23,32-33H,5,14-15,24-25,34-35H2. The van der Waals surface area contributed by atoms with Gasteiger partial charge in [-0.2, -0.15) is 0 Å². The van der Waals surface area contributed by atoms with Gasteiger partial charge in [0.2, 0.25) is 0 Å². The van der Waals surface area contributed by atoms with Crippen LogP contribution in [0.25, 0.3) is 0 Å². The van der Waals surface area contributed by atoms with Crippen molar-refractivity contribution in [1.82, 2.24) is 0 Å². The minimum absolute atomic E-state index is 0.449. The van der Waals surface area contributed by atoms with Crippen molar-refractivity contribution in [2.45, 2.75) is 42.8 Å². The van der Waals surface area contributed by atoms with Gasteiger partial charge in [-0.05, 0) is 22.3 Å². The van der Waals surface area contributed by atoms with Crippen molar-refractivity contribution >= 4 is 14.6 Å². The Hall–Kier alpha value is -3.07. The summed E-state index contributed by atoms with van der Waals surface area (Å²) in [6, 6.07) is 42.1. The summed E-state index contributed by atoms with van der Waals surface area (Å²) in [5, 5.41) is 0. The summed E-state index contributed by atoms with van der Waals surface area (Å²) >= 11 is 0. The van der Waals surface area contributed by atoms with E-state index in [1.807, 2.05) is 0 Å². The molecule has 4 N–H and O–H groups in total. The Morgan fingerprint density at radius 2 is 0.657 bits per heavy atom. The largest absolute Gasteiger partial charge is 0.325 e. The van der Waals surface area contributed by atoms with E-state index in [-0.39, 0.29) is 0 Å². The average Bonchev–Trinajstić information content (AvgIpc) is 2.94. The molecule has 0 radical (unpaired) electrons. The van der Waals surface area contributed by atoms with Crippen molar-refractivity contribution in [3.63, 3.8) is 0 Å². The second-order valence-corrected chi connectivity index (χ2v) is 9.67. The smallest absolute Gasteiger partial charge is 0.157 e. The lowest BCUT2D eigenvalue weighted by Crippen LogP contribution is -2.44. The summed E-state index contributed by atoms with van der Waals surface area (Å²) in [5.74, 6) is 0. The molecule has 0 heterocycles. The third-order valence-corrected chi connectivity index (χ3v) is 7.30. The van der Waals surface area contributed by atoms with Gasteiger partial charge in [0, 0.05) is 10.9 Å². The molecular weight excluding hydrogens is 422 g/mol. The SMILES string of the molecule is NC(BCCCCCBC(N)(c1ccccc1)c1ccccc1)(c1ccccc1)c1ccccc1. The maximum absolute atomic E-state index is 7.05. The number of nitrogens with two attached hydrogens (primary N) is 2. The summed E-state index contributed by atoms with van der Waals surface area (Å²) in [7, 11) is 1.88. The number of hydrogen-bond acceptors (Lipinski definition) is 2. The molecule has 0 aliphatic carbocycles. The molecule has 0 aliphatic rings. The quantitative estimate of drug-likeness (QED) is 0.215. The van der Waals surface area contributed by atoms with E-state index in [0.717, 1.165) is 27.2 Å². The van der Waals surface area contributed by atoms with E-state index in [1.54, 1.807) is 0 Å². The van der Waals surface area contributed by atoms with Gasteiger partial charge in [-0.3, -0.25) is 0 Å². The molecule has 0 bridgehead atoms. The van der Waals surface area contributed by atoms with Gasteiger partial charge in [-0.1, -0.05) is 153 Å². The van der Waals surface area contributed by atoms with Crippen LogP contribution in [-0.4, -0.2) is 14.6 Å². The first-order chi connectivity index (χ1) is 17.1. The van der Waals surface area contributed by atoms with Crippen LogP contribution in [0, 0.1) is 0 Å². The van der Waals surface area contributed by atoms with Crippen LogP contribution in [0.3, 0.4) is 0 Å². The molecule has 0 aliphatic heterocycles. The molecule has 0 saturated carbocycles. The number of unbranched alkanes of at least 4 members (excludes halogenated alkanes) is 2. The number of hydrogen-bond donors (Lipinski definition) is 2. The summed E-state index contributed by atoms with van der Waals surface area (Å²) in [6.45, 7) is 0. The molecule has 2 nitrogen and oxygen atoms in total. The van der Waals surface area contributed by atoms with E-state index in [4.69, 9.17) is 11.5 Å². The fourth-order valence-electron chi connectivity index (χ4n) is 5.19. The number of benzene rings is 4. The molecule has 35 heavy (non-hydrogen) atoms. The van der Waals surface area contributed by atoms with Gasteiger partial charge < -0.3 is 11.5 Å². The van der Waals surface area contributed by atoms with E-state index in [9.17, 15) is 0 Å². The zero-order valence-corrected chi connectivity index (χ0v) is 20.7. The summed E-state index contributed by atoms with van der Waals surface area (Å²) in [4.78, 5) is 0. The van der Waals surface area contributed by atoms with Crippen molar-refractivity contribution in [1.29, 1.82) is 0 Å². The molecule has 4 heteroatoms. The van der Waals surface area contributed by atoms with Crippen molar-refractivity contribution in [2.24, 2.45) is 11.5 Å². The second-order valence-electron chi connectivity index (χ2n) is 9.67. The minimum Gasteiger partial charge on any atom is -0.325 e. The highest BCUT2D eigenvalue weighted by molar-refractivity contribution is 6.41. The Balaban J connectivity index is 1.32.